The molecule has 1 fully saturated rings. The van der Waals surface area contributed by atoms with E-state index in [9.17, 15) is 0 Å². The number of nitrogens with zero attached hydrogens (tertiary/aromatic N) is 2. The van der Waals surface area contributed by atoms with E-state index in [1.54, 1.807) is 0 Å². The molecule has 0 aromatic carbocycles. The fourth-order valence-corrected chi connectivity index (χ4v) is 2.27. The van der Waals surface area contributed by atoms with E-state index in [-0.39, 0.29) is 0 Å². The van der Waals surface area contributed by atoms with Gasteiger partial charge in [-0.25, -0.2) is 0 Å². The van der Waals surface area contributed by atoms with Gasteiger partial charge in [-0.2, -0.15) is 5.10 Å². The van der Waals surface area contributed by atoms with Gasteiger partial charge in [0, 0.05) is 25.9 Å². The van der Waals surface area contributed by atoms with E-state index in [1.165, 1.54) is 12.8 Å². The monoisotopic (exact) mass is 223 g/mol. The van der Waals surface area contributed by atoms with Crippen LogP contribution in [0.3, 0.4) is 0 Å². The van der Waals surface area contributed by atoms with Gasteiger partial charge in [-0.3, -0.25) is 4.68 Å². The van der Waals surface area contributed by atoms with E-state index in [0.29, 0.717) is 12.1 Å². The van der Waals surface area contributed by atoms with Gasteiger partial charge in [0.1, 0.15) is 0 Å². The first-order valence-corrected chi connectivity index (χ1v) is 6.14. The summed E-state index contributed by atoms with van der Waals surface area (Å²) >= 11 is 0. The predicted octanol–water partition coefficient (Wildman–Crippen LogP) is 2.18. The Balaban J connectivity index is 1.85. The molecule has 90 valence electrons. The van der Waals surface area contributed by atoms with E-state index < -0.39 is 0 Å². The average molecular weight is 223 g/mol. The van der Waals surface area contributed by atoms with Crippen LogP contribution >= 0.6 is 0 Å². The molecule has 1 aliphatic rings. The molecule has 1 aromatic heterocycles. The molecule has 1 aliphatic heterocycles. The van der Waals surface area contributed by atoms with Crippen molar-refractivity contribution < 1.29 is 4.74 Å². The highest BCUT2D eigenvalue weighted by atomic mass is 16.5. The van der Waals surface area contributed by atoms with Gasteiger partial charge in [-0.05, 0) is 19.3 Å². The van der Waals surface area contributed by atoms with Crippen molar-refractivity contribution >= 4 is 5.69 Å². The van der Waals surface area contributed by atoms with Crippen molar-refractivity contribution in [3.8, 4) is 0 Å². The zero-order valence-corrected chi connectivity index (χ0v) is 10.1. The maximum atomic E-state index is 5.73. The number of aromatic nitrogens is 2. The van der Waals surface area contributed by atoms with E-state index in [0.717, 1.165) is 25.1 Å². The van der Waals surface area contributed by atoms with Crippen LogP contribution in [0.1, 0.15) is 32.6 Å². The quantitative estimate of drug-likeness (QED) is 0.850. The first-order chi connectivity index (χ1) is 7.78. The minimum Gasteiger partial charge on any atom is -0.380 e. The lowest BCUT2D eigenvalue weighted by Gasteiger charge is -2.30. The Morgan fingerprint density at radius 3 is 3.19 bits per heavy atom. The van der Waals surface area contributed by atoms with Crippen molar-refractivity contribution in [3.05, 3.63) is 12.4 Å². The summed E-state index contributed by atoms with van der Waals surface area (Å²) in [5.74, 6) is 0. The lowest BCUT2D eigenvalue weighted by molar-refractivity contribution is 0.00598. The zero-order valence-electron chi connectivity index (χ0n) is 10.1. The van der Waals surface area contributed by atoms with Crippen LogP contribution in [0.15, 0.2) is 12.4 Å². The van der Waals surface area contributed by atoms with Crippen molar-refractivity contribution in [1.29, 1.82) is 0 Å². The van der Waals surface area contributed by atoms with Gasteiger partial charge in [0.05, 0.1) is 18.0 Å². The molecule has 0 radical (unpaired) electrons. The van der Waals surface area contributed by atoms with Gasteiger partial charge < -0.3 is 10.1 Å². The summed E-state index contributed by atoms with van der Waals surface area (Å²) in [6.07, 6.45) is 8.91. The molecule has 4 nitrogen and oxygen atoms in total. The zero-order chi connectivity index (χ0) is 11.4. The maximum absolute atomic E-state index is 5.73. The summed E-state index contributed by atoms with van der Waals surface area (Å²) in [6.45, 7) is 3.09. The fraction of sp³-hybridized carbons (Fsp3) is 0.750. The number of nitrogens with one attached hydrogen (secondary N) is 1. The van der Waals surface area contributed by atoms with E-state index in [2.05, 4.69) is 17.3 Å². The lowest BCUT2D eigenvalue weighted by atomic mass is 10.00. The molecule has 1 saturated heterocycles. The molecule has 0 saturated carbocycles. The Labute approximate surface area is 97.0 Å². The normalized spacial score (nSPS) is 25.6. The summed E-state index contributed by atoms with van der Waals surface area (Å²) in [5, 5.41) is 7.69. The van der Waals surface area contributed by atoms with Gasteiger partial charge in [-0.15, -0.1) is 0 Å². The number of hydrogen-bond donors (Lipinski definition) is 1. The smallest absolute Gasteiger partial charge is 0.0728 e. The van der Waals surface area contributed by atoms with Crippen LogP contribution in [-0.4, -0.2) is 28.5 Å². The third-order valence-corrected chi connectivity index (χ3v) is 3.05. The molecule has 1 aromatic rings. The highest BCUT2D eigenvalue weighted by Crippen LogP contribution is 2.21. The number of aryl methyl sites for hydroxylation is 1. The SMILES string of the molecule is CCCC1CC(Nc2cnn(C)c2)CCO1. The molecule has 0 amide bonds. The summed E-state index contributed by atoms with van der Waals surface area (Å²) < 4.78 is 7.56. The lowest BCUT2D eigenvalue weighted by Crippen LogP contribution is -2.33. The first-order valence-electron chi connectivity index (χ1n) is 6.14. The van der Waals surface area contributed by atoms with Crippen LogP contribution in [0.25, 0.3) is 0 Å². The molecule has 4 heteroatoms. The predicted molar refractivity (Wildman–Crippen MR) is 64.5 cm³/mol. The molecule has 1 N–H and O–H groups in total. The Kier molecular flexibility index (Phi) is 3.83. The van der Waals surface area contributed by atoms with Gasteiger partial charge in [0.25, 0.3) is 0 Å². The fourth-order valence-electron chi connectivity index (χ4n) is 2.27. The van der Waals surface area contributed by atoms with Gasteiger partial charge in [0.15, 0.2) is 0 Å². The molecule has 0 aliphatic carbocycles. The van der Waals surface area contributed by atoms with Crippen LogP contribution in [0, 0.1) is 0 Å². The molecular weight excluding hydrogens is 202 g/mol. The minimum absolute atomic E-state index is 0.438. The minimum atomic E-state index is 0.438. The molecular formula is C12H21N3O. The Morgan fingerprint density at radius 1 is 1.62 bits per heavy atom. The third-order valence-electron chi connectivity index (χ3n) is 3.05. The largest absolute Gasteiger partial charge is 0.380 e. The summed E-state index contributed by atoms with van der Waals surface area (Å²) in [6, 6.07) is 0.537. The molecule has 2 heterocycles. The van der Waals surface area contributed by atoms with Gasteiger partial charge in [-0.1, -0.05) is 13.3 Å². The Morgan fingerprint density at radius 2 is 2.50 bits per heavy atom. The van der Waals surface area contributed by atoms with E-state index in [4.69, 9.17) is 4.74 Å². The number of anilines is 1. The molecule has 2 rings (SSSR count). The number of hydrogen-bond acceptors (Lipinski definition) is 3. The molecule has 0 bridgehead atoms. The van der Waals surface area contributed by atoms with Gasteiger partial charge in [0.2, 0.25) is 0 Å². The van der Waals surface area contributed by atoms with Crippen LogP contribution in [-0.2, 0) is 11.8 Å². The van der Waals surface area contributed by atoms with Crippen molar-refractivity contribution in [3.63, 3.8) is 0 Å². The highest BCUT2D eigenvalue weighted by Gasteiger charge is 2.21. The van der Waals surface area contributed by atoms with Crippen LogP contribution in [0.5, 0.6) is 0 Å². The standard InChI is InChI=1S/C12H21N3O/c1-3-4-12-7-10(5-6-16-12)14-11-8-13-15(2)9-11/h8-10,12,14H,3-7H2,1-2H3. The summed E-state index contributed by atoms with van der Waals surface area (Å²) in [7, 11) is 1.94. The van der Waals surface area contributed by atoms with Crippen molar-refractivity contribution in [2.75, 3.05) is 11.9 Å². The summed E-state index contributed by atoms with van der Waals surface area (Å²) in [5.41, 5.74) is 1.12. The van der Waals surface area contributed by atoms with Crippen molar-refractivity contribution in [2.24, 2.45) is 7.05 Å². The topological polar surface area (TPSA) is 39.1 Å². The highest BCUT2D eigenvalue weighted by molar-refractivity contribution is 5.39. The van der Waals surface area contributed by atoms with Crippen molar-refractivity contribution in [2.45, 2.75) is 44.8 Å². The van der Waals surface area contributed by atoms with Crippen LogP contribution in [0.4, 0.5) is 5.69 Å². The van der Waals surface area contributed by atoms with E-state index in [1.807, 2.05) is 24.1 Å². The second kappa shape index (κ2) is 5.34. The third kappa shape index (κ3) is 2.98. The van der Waals surface area contributed by atoms with Gasteiger partial charge >= 0.3 is 0 Å². The average Bonchev–Trinajstić information content (AvgIpc) is 2.65. The first kappa shape index (κ1) is 11.5. The Hall–Kier alpha value is -1.03. The molecule has 2 unspecified atom stereocenters. The number of ether oxygens (including phenoxy) is 1. The van der Waals surface area contributed by atoms with Crippen LogP contribution < -0.4 is 5.32 Å². The second-order valence-electron chi connectivity index (χ2n) is 4.55. The number of rotatable bonds is 4. The van der Waals surface area contributed by atoms with E-state index >= 15 is 0 Å². The van der Waals surface area contributed by atoms with Crippen LogP contribution in [0.2, 0.25) is 0 Å². The Bertz CT molecular complexity index is 322. The van der Waals surface area contributed by atoms with Crippen molar-refractivity contribution in [1.82, 2.24) is 9.78 Å². The molecule has 0 spiro atoms. The summed E-state index contributed by atoms with van der Waals surface area (Å²) in [4.78, 5) is 0. The molecule has 16 heavy (non-hydrogen) atoms. The second-order valence-corrected chi connectivity index (χ2v) is 4.55. The molecule has 2 atom stereocenters. The maximum Gasteiger partial charge on any atom is 0.0728 e.